The molecule has 1 aromatic carbocycles. The number of hydrogen-bond donors (Lipinski definition) is 0. The van der Waals surface area contributed by atoms with E-state index in [1.165, 1.54) is 30.8 Å². The van der Waals surface area contributed by atoms with Crippen molar-refractivity contribution < 1.29 is 14.3 Å². The second-order valence-electron chi connectivity index (χ2n) is 7.74. The van der Waals surface area contributed by atoms with Crippen molar-refractivity contribution in [3.8, 4) is 5.75 Å². The minimum Gasteiger partial charge on any atom is -0.488 e. The van der Waals surface area contributed by atoms with Crippen LogP contribution < -0.4 is 4.74 Å². The molecule has 1 unspecified atom stereocenters. The highest BCUT2D eigenvalue weighted by molar-refractivity contribution is 6.01. The molecule has 0 aliphatic carbocycles. The summed E-state index contributed by atoms with van der Waals surface area (Å²) in [5.41, 5.74) is 3.18. The van der Waals surface area contributed by atoms with E-state index < -0.39 is 0 Å². The summed E-state index contributed by atoms with van der Waals surface area (Å²) < 4.78 is 6.50. The van der Waals surface area contributed by atoms with Gasteiger partial charge in [0.15, 0.2) is 0 Å². The van der Waals surface area contributed by atoms with Crippen LogP contribution in [-0.4, -0.2) is 47.4 Å². The molecule has 0 aromatic heterocycles. The fraction of sp³-hybridized carbons (Fsp3) is 0.600. The summed E-state index contributed by atoms with van der Waals surface area (Å²) >= 11 is 0. The largest absolute Gasteiger partial charge is 0.488 e. The lowest BCUT2D eigenvalue weighted by Crippen LogP contribution is -2.52. The molecule has 4 saturated heterocycles. The van der Waals surface area contributed by atoms with Crippen molar-refractivity contribution in [2.75, 3.05) is 19.6 Å². The van der Waals surface area contributed by atoms with Crippen LogP contribution >= 0.6 is 0 Å². The van der Waals surface area contributed by atoms with Gasteiger partial charge in [-0.2, -0.15) is 0 Å². The number of ether oxygens (including phenoxy) is 1. The van der Waals surface area contributed by atoms with Gasteiger partial charge in [-0.15, -0.1) is 0 Å². The molecule has 2 bridgehead atoms. The van der Waals surface area contributed by atoms with Crippen LogP contribution in [0.25, 0.3) is 0 Å². The van der Waals surface area contributed by atoms with Gasteiger partial charge in [-0.1, -0.05) is 17.7 Å². The molecule has 0 N–H and O–H groups in total. The molecule has 25 heavy (non-hydrogen) atoms. The van der Waals surface area contributed by atoms with Crippen LogP contribution in [0.3, 0.4) is 0 Å². The lowest BCUT2D eigenvalue weighted by Gasteiger charge is -2.44. The summed E-state index contributed by atoms with van der Waals surface area (Å²) in [6, 6.07) is 4.18. The van der Waals surface area contributed by atoms with Gasteiger partial charge in [-0.25, -0.2) is 0 Å². The average molecular weight is 342 g/mol. The average Bonchev–Trinajstić information content (AvgIpc) is 2.91. The molecule has 0 spiro atoms. The van der Waals surface area contributed by atoms with E-state index in [2.05, 4.69) is 24.0 Å². The highest BCUT2D eigenvalue weighted by Gasteiger charge is 2.36. The zero-order chi connectivity index (χ0) is 17.6. The summed E-state index contributed by atoms with van der Waals surface area (Å²) in [4.78, 5) is 27.9. The van der Waals surface area contributed by atoms with Gasteiger partial charge in [0, 0.05) is 24.9 Å². The minimum absolute atomic E-state index is 0.0713. The third-order valence-electron chi connectivity index (χ3n) is 5.84. The zero-order valence-corrected chi connectivity index (χ0v) is 15.1. The maximum absolute atomic E-state index is 12.0. The van der Waals surface area contributed by atoms with E-state index in [4.69, 9.17) is 4.74 Å². The topological polar surface area (TPSA) is 49.9 Å². The third-order valence-corrected chi connectivity index (χ3v) is 5.84. The first-order valence-electron chi connectivity index (χ1n) is 9.33. The van der Waals surface area contributed by atoms with Crippen LogP contribution in [0, 0.1) is 19.8 Å². The number of imide groups is 1. The number of nitrogens with zero attached hydrogens (tertiary/aromatic N) is 2. The number of hydrogen-bond acceptors (Lipinski definition) is 4. The van der Waals surface area contributed by atoms with Gasteiger partial charge < -0.3 is 4.74 Å². The molecule has 1 aromatic rings. The van der Waals surface area contributed by atoms with Gasteiger partial charge in [0.05, 0.1) is 6.54 Å². The summed E-state index contributed by atoms with van der Waals surface area (Å²) in [6.45, 7) is 7.78. The quantitative estimate of drug-likeness (QED) is 0.789. The molecule has 5 heteroatoms. The molecular formula is C20H26N2O3. The van der Waals surface area contributed by atoms with E-state index in [-0.39, 0.29) is 17.9 Å². The molecular weight excluding hydrogens is 316 g/mol. The second kappa shape index (κ2) is 6.45. The summed E-state index contributed by atoms with van der Waals surface area (Å²) in [5.74, 6) is 1.35. The van der Waals surface area contributed by atoms with Crippen molar-refractivity contribution in [3.63, 3.8) is 0 Å². The number of likely N-dealkylation sites (tertiary alicyclic amines) is 1. The lowest BCUT2D eigenvalue weighted by molar-refractivity contribution is -0.139. The Balaban J connectivity index is 1.60. The molecule has 134 valence electrons. The fourth-order valence-electron chi connectivity index (χ4n) is 4.49. The van der Waals surface area contributed by atoms with E-state index in [9.17, 15) is 9.59 Å². The summed E-state index contributed by atoms with van der Waals surface area (Å²) in [6.07, 6.45) is 3.29. The lowest BCUT2D eigenvalue weighted by atomic mass is 9.85. The molecule has 4 heterocycles. The molecule has 0 radical (unpaired) electrons. The first-order valence-corrected chi connectivity index (χ1v) is 9.33. The Hall–Kier alpha value is -1.88. The van der Waals surface area contributed by atoms with Gasteiger partial charge in [0.1, 0.15) is 11.9 Å². The van der Waals surface area contributed by atoms with E-state index in [0.717, 1.165) is 29.0 Å². The SMILES string of the molecule is Cc1cc(C)c(OC2CN3CCC2CC3)c(CN2C(=O)CCC2=O)c1. The molecule has 1 atom stereocenters. The van der Waals surface area contributed by atoms with Crippen LogP contribution in [0.2, 0.25) is 0 Å². The molecule has 5 rings (SSSR count). The Bertz CT molecular complexity index is 691. The van der Waals surface area contributed by atoms with Gasteiger partial charge in [0.2, 0.25) is 11.8 Å². The van der Waals surface area contributed by atoms with Gasteiger partial charge in [0.25, 0.3) is 0 Å². The summed E-state index contributed by atoms with van der Waals surface area (Å²) in [7, 11) is 0. The van der Waals surface area contributed by atoms with Crippen molar-refractivity contribution in [3.05, 3.63) is 28.8 Å². The van der Waals surface area contributed by atoms with Gasteiger partial charge >= 0.3 is 0 Å². The zero-order valence-electron chi connectivity index (χ0n) is 15.1. The van der Waals surface area contributed by atoms with Crippen molar-refractivity contribution in [2.45, 2.75) is 52.2 Å². The number of aryl methyl sites for hydroxylation is 2. The van der Waals surface area contributed by atoms with E-state index >= 15 is 0 Å². The second-order valence-corrected chi connectivity index (χ2v) is 7.74. The monoisotopic (exact) mass is 342 g/mol. The highest BCUT2D eigenvalue weighted by Crippen LogP contribution is 2.35. The Morgan fingerprint density at radius 2 is 1.76 bits per heavy atom. The van der Waals surface area contributed by atoms with Crippen LogP contribution in [0.1, 0.15) is 42.4 Å². The van der Waals surface area contributed by atoms with E-state index in [1.54, 1.807) is 0 Å². The smallest absolute Gasteiger partial charge is 0.230 e. The first kappa shape index (κ1) is 16.6. The van der Waals surface area contributed by atoms with Crippen molar-refractivity contribution >= 4 is 11.8 Å². The fourth-order valence-corrected chi connectivity index (χ4v) is 4.49. The number of piperidine rings is 3. The van der Waals surface area contributed by atoms with Crippen molar-refractivity contribution in [1.82, 2.24) is 9.80 Å². The Kier molecular flexibility index (Phi) is 4.28. The molecule has 4 aliphatic heterocycles. The Labute approximate surface area is 148 Å². The molecule has 4 aliphatic rings. The highest BCUT2D eigenvalue weighted by atomic mass is 16.5. The maximum atomic E-state index is 12.0. The third kappa shape index (κ3) is 3.17. The number of fused-ring (bicyclic) bond motifs is 3. The number of benzene rings is 1. The number of carbonyl (C=O) groups excluding carboxylic acids is 2. The first-order chi connectivity index (χ1) is 12.0. The van der Waals surface area contributed by atoms with Crippen LogP contribution in [0.4, 0.5) is 0 Å². The number of rotatable bonds is 4. The van der Waals surface area contributed by atoms with Gasteiger partial charge in [-0.05, 0) is 51.3 Å². The van der Waals surface area contributed by atoms with Gasteiger partial charge in [-0.3, -0.25) is 19.4 Å². The normalized spacial score (nSPS) is 28.7. The Morgan fingerprint density at radius 3 is 2.36 bits per heavy atom. The summed E-state index contributed by atoms with van der Waals surface area (Å²) in [5, 5.41) is 0. The standard InChI is InChI=1S/C20H26N2O3/c1-13-9-14(2)20(25-17-12-21-7-5-15(17)6-8-21)16(10-13)11-22-18(23)3-4-19(22)24/h9-10,15,17H,3-8,11-12H2,1-2H3. The Morgan fingerprint density at radius 1 is 1.08 bits per heavy atom. The van der Waals surface area contributed by atoms with Crippen molar-refractivity contribution in [1.29, 1.82) is 0 Å². The van der Waals surface area contributed by atoms with Crippen LogP contribution in [0.15, 0.2) is 12.1 Å². The maximum Gasteiger partial charge on any atom is 0.230 e. The minimum atomic E-state index is -0.0713. The predicted molar refractivity (Wildman–Crippen MR) is 94.3 cm³/mol. The molecule has 0 saturated carbocycles. The molecule has 5 nitrogen and oxygen atoms in total. The van der Waals surface area contributed by atoms with E-state index in [1.807, 2.05) is 6.92 Å². The van der Waals surface area contributed by atoms with Crippen LogP contribution in [-0.2, 0) is 16.1 Å². The predicted octanol–water partition coefficient (Wildman–Crippen LogP) is 2.43. The van der Waals surface area contributed by atoms with Crippen LogP contribution in [0.5, 0.6) is 5.75 Å². The molecule has 4 fully saturated rings. The number of amides is 2. The molecule has 2 amide bonds. The van der Waals surface area contributed by atoms with Crippen molar-refractivity contribution in [2.24, 2.45) is 5.92 Å². The number of carbonyl (C=O) groups is 2. The van der Waals surface area contributed by atoms with E-state index in [0.29, 0.717) is 25.3 Å².